The predicted octanol–water partition coefficient (Wildman–Crippen LogP) is 4.09. The molecule has 1 amide bonds. The van der Waals surface area contributed by atoms with Gasteiger partial charge in [0.15, 0.2) is 0 Å². The van der Waals surface area contributed by atoms with Crippen LogP contribution < -0.4 is 10.1 Å². The Morgan fingerprint density at radius 2 is 2.09 bits per heavy atom. The number of nitrogens with one attached hydrogen (secondary N) is 2. The summed E-state index contributed by atoms with van der Waals surface area (Å²) < 4.78 is 5.29. The average molecular weight is 330 g/mol. The first-order valence-electron chi connectivity index (χ1n) is 7.10. The van der Waals surface area contributed by atoms with E-state index in [1.165, 1.54) is 7.11 Å². The van der Waals surface area contributed by atoms with E-state index < -0.39 is 0 Å². The molecule has 0 saturated heterocycles. The van der Waals surface area contributed by atoms with Crippen molar-refractivity contribution in [2.24, 2.45) is 0 Å². The Hall–Kier alpha value is -2.53. The highest BCUT2D eigenvalue weighted by Crippen LogP contribution is 2.31. The number of aryl methyl sites for hydroxylation is 2. The van der Waals surface area contributed by atoms with Gasteiger partial charge in [-0.2, -0.15) is 0 Å². The van der Waals surface area contributed by atoms with Crippen molar-refractivity contribution < 1.29 is 9.53 Å². The summed E-state index contributed by atoms with van der Waals surface area (Å²) in [4.78, 5) is 20.2. The van der Waals surface area contributed by atoms with E-state index in [1.54, 1.807) is 18.2 Å². The molecule has 0 fully saturated rings. The third-order valence-corrected chi connectivity index (χ3v) is 4.01. The van der Waals surface area contributed by atoms with Crippen LogP contribution >= 0.6 is 11.6 Å². The summed E-state index contributed by atoms with van der Waals surface area (Å²) in [7, 11) is 1.54. The Morgan fingerprint density at radius 3 is 2.83 bits per heavy atom. The zero-order valence-corrected chi connectivity index (χ0v) is 13.8. The molecule has 118 valence electrons. The smallest absolute Gasteiger partial charge is 0.258 e. The number of halogens is 1. The molecule has 0 spiro atoms. The van der Waals surface area contributed by atoms with E-state index in [4.69, 9.17) is 16.3 Å². The number of fused-ring (bicyclic) bond motifs is 1. The van der Waals surface area contributed by atoms with E-state index in [-0.39, 0.29) is 5.91 Å². The minimum atomic E-state index is -0.248. The number of hydrogen-bond acceptors (Lipinski definition) is 3. The average Bonchev–Trinajstić information content (AvgIpc) is 2.90. The van der Waals surface area contributed by atoms with Crippen LogP contribution in [0.15, 0.2) is 30.3 Å². The lowest BCUT2D eigenvalue weighted by molar-refractivity contribution is 0.102. The largest absolute Gasteiger partial charge is 0.495 e. The fraction of sp³-hybridized carbons (Fsp3) is 0.176. The third kappa shape index (κ3) is 2.87. The number of amides is 1. The SMILES string of the molecule is COc1cc(Cl)c(C)cc1NC(=O)c1cccc2[nH]c(C)nc12. The molecule has 0 aliphatic rings. The number of rotatable bonds is 3. The minimum absolute atomic E-state index is 0.248. The molecule has 5 nitrogen and oxygen atoms in total. The number of nitrogens with zero attached hydrogens (tertiary/aromatic N) is 1. The zero-order valence-electron chi connectivity index (χ0n) is 13.0. The lowest BCUT2D eigenvalue weighted by atomic mass is 10.1. The van der Waals surface area contributed by atoms with E-state index in [1.807, 2.05) is 26.0 Å². The number of carbonyl (C=O) groups excluding carboxylic acids is 1. The van der Waals surface area contributed by atoms with Crippen molar-refractivity contribution in [3.05, 3.63) is 52.3 Å². The predicted molar refractivity (Wildman–Crippen MR) is 91.5 cm³/mol. The number of methoxy groups -OCH3 is 1. The molecule has 0 bridgehead atoms. The van der Waals surface area contributed by atoms with Crippen LogP contribution in [0.5, 0.6) is 5.75 Å². The van der Waals surface area contributed by atoms with Gasteiger partial charge in [0.1, 0.15) is 17.1 Å². The van der Waals surface area contributed by atoms with Gasteiger partial charge in [0.25, 0.3) is 5.91 Å². The van der Waals surface area contributed by atoms with Crippen molar-refractivity contribution >= 4 is 34.2 Å². The molecule has 0 saturated carbocycles. The highest BCUT2D eigenvalue weighted by molar-refractivity contribution is 6.31. The van der Waals surface area contributed by atoms with Crippen molar-refractivity contribution in [3.8, 4) is 5.75 Å². The van der Waals surface area contributed by atoms with E-state index in [2.05, 4.69) is 15.3 Å². The molecule has 1 aromatic heterocycles. The topological polar surface area (TPSA) is 67.0 Å². The van der Waals surface area contributed by atoms with Crippen molar-refractivity contribution in [1.29, 1.82) is 0 Å². The van der Waals surface area contributed by atoms with Gasteiger partial charge < -0.3 is 15.0 Å². The summed E-state index contributed by atoms with van der Waals surface area (Å²) in [6.45, 7) is 3.72. The normalized spacial score (nSPS) is 10.8. The first-order valence-corrected chi connectivity index (χ1v) is 7.48. The second-order valence-electron chi connectivity index (χ2n) is 5.28. The van der Waals surface area contributed by atoms with Gasteiger partial charge in [-0.05, 0) is 37.6 Å². The van der Waals surface area contributed by atoms with Gasteiger partial charge in [0.2, 0.25) is 0 Å². The first kappa shape index (κ1) is 15.4. The quantitative estimate of drug-likeness (QED) is 0.760. The van der Waals surface area contributed by atoms with Crippen LogP contribution in [0.4, 0.5) is 5.69 Å². The minimum Gasteiger partial charge on any atom is -0.495 e. The number of carbonyl (C=O) groups is 1. The molecule has 3 rings (SSSR count). The number of anilines is 1. The number of benzene rings is 2. The second-order valence-corrected chi connectivity index (χ2v) is 5.69. The molecule has 0 unspecified atom stereocenters. The number of aromatic nitrogens is 2. The van der Waals surface area contributed by atoms with Gasteiger partial charge in [-0.1, -0.05) is 17.7 Å². The number of imidazole rings is 1. The highest BCUT2D eigenvalue weighted by Gasteiger charge is 2.15. The van der Waals surface area contributed by atoms with Gasteiger partial charge in [-0.25, -0.2) is 4.98 Å². The molecule has 0 radical (unpaired) electrons. The van der Waals surface area contributed by atoms with Gasteiger partial charge in [0.05, 0.1) is 23.9 Å². The maximum Gasteiger partial charge on any atom is 0.258 e. The third-order valence-electron chi connectivity index (χ3n) is 3.60. The van der Waals surface area contributed by atoms with Crippen LogP contribution in [0.3, 0.4) is 0 Å². The van der Waals surface area contributed by atoms with Crippen molar-refractivity contribution in [2.75, 3.05) is 12.4 Å². The van der Waals surface area contributed by atoms with Crippen LogP contribution in [0, 0.1) is 13.8 Å². The molecular formula is C17H16ClN3O2. The van der Waals surface area contributed by atoms with Gasteiger partial charge in [-0.15, -0.1) is 0 Å². The summed E-state index contributed by atoms with van der Waals surface area (Å²) in [5.74, 6) is 1.03. The first-order chi connectivity index (χ1) is 11.0. The van der Waals surface area contributed by atoms with E-state index in [0.29, 0.717) is 27.5 Å². The summed E-state index contributed by atoms with van der Waals surface area (Å²) >= 11 is 6.09. The van der Waals surface area contributed by atoms with Crippen molar-refractivity contribution in [3.63, 3.8) is 0 Å². The molecule has 1 heterocycles. The van der Waals surface area contributed by atoms with Crippen molar-refractivity contribution in [1.82, 2.24) is 9.97 Å². The number of para-hydroxylation sites is 1. The second kappa shape index (κ2) is 5.93. The molecule has 0 aliphatic heterocycles. The van der Waals surface area contributed by atoms with Crippen LogP contribution in [-0.4, -0.2) is 23.0 Å². The highest BCUT2D eigenvalue weighted by atomic mass is 35.5. The Morgan fingerprint density at radius 1 is 1.30 bits per heavy atom. The molecule has 6 heteroatoms. The number of hydrogen-bond donors (Lipinski definition) is 2. The van der Waals surface area contributed by atoms with Crippen LogP contribution in [0.25, 0.3) is 11.0 Å². The lowest BCUT2D eigenvalue weighted by Gasteiger charge is -2.12. The summed E-state index contributed by atoms with van der Waals surface area (Å²) in [6, 6.07) is 8.92. The maximum atomic E-state index is 12.6. The molecule has 2 aromatic carbocycles. The summed E-state index contributed by atoms with van der Waals surface area (Å²) in [6.07, 6.45) is 0. The Kier molecular flexibility index (Phi) is 3.96. The molecular weight excluding hydrogens is 314 g/mol. The monoisotopic (exact) mass is 329 g/mol. The fourth-order valence-electron chi connectivity index (χ4n) is 2.46. The maximum absolute atomic E-state index is 12.6. The summed E-state index contributed by atoms with van der Waals surface area (Å²) in [5.41, 5.74) is 3.41. The molecule has 2 N–H and O–H groups in total. The zero-order chi connectivity index (χ0) is 16.6. The number of H-pyrrole nitrogens is 1. The van der Waals surface area contributed by atoms with Crippen LogP contribution in [-0.2, 0) is 0 Å². The Labute approximate surface area is 138 Å². The summed E-state index contributed by atoms with van der Waals surface area (Å²) in [5, 5.41) is 3.46. The molecule has 3 aromatic rings. The lowest BCUT2D eigenvalue weighted by Crippen LogP contribution is -2.13. The van der Waals surface area contributed by atoms with Gasteiger partial charge in [-0.3, -0.25) is 4.79 Å². The van der Waals surface area contributed by atoms with E-state index in [0.717, 1.165) is 16.9 Å². The van der Waals surface area contributed by atoms with E-state index >= 15 is 0 Å². The van der Waals surface area contributed by atoms with Gasteiger partial charge >= 0.3 is 0 Å². The van der Waals surface area contributed by atoms with E-state index in [9.17, 15) is 4.79 Å². The number of aromatic amines is 1. The number of ether oxygens (including phenoxy) is 1. The molecule has 23 heavy (non-hydrogen) atoms. The van der Waals surface area contributed by atoms with Crippen LogP contribution in [0.2, 0.25) is 5.02 Å². The van der Waals surface area contributed by atoms with Crippen molar-refractivity contribution in [2.45, 2.75) is 13.8 Å². The Bertz CT molecular complexity index is 902. The fourth-order valence-corrected chi connectivity index (χ4v) is 2.61. The molecule has 0 atom stereocenters. The van der Waals surface area contributed by atoms with Gasteiger partial charge in [0, 0.05) is 11.1 Å². The Balaban J connectivity index is 2.00. The standard InChI is InChI=1S/C17H16ClN3O2/c1-9-7-14(15(23-3)8-12(9)18)21-17(22)11-5-4-6-13-16(11)20-10(2)19-13/h4-8H,1-3H3,(H,19,20)(H,21,22). The van der Waals surface area contributed by atoms with Crippen LogP contribution in [0.1, 0.15) is 21.7 Å². The molecule has 0 aliphatic carbocycles.